The number of amides is 1. The van der Waals surface area contributed by atoms with Crippen molar-refractivity contribution in [2.24, 2.45) is 0 Å². The summed E-state index contributed by atoms with van der Waals surface area (Å²) in [6.45, 7) is 10.3. The van der Waals surface area contributed by atoms with Gasteiger partial charge in [0.15, 0.2) is 0 Å². The summed E-state index contributed by atoms with van der Waals surface area (Å²) in [6.07, 6.45) is 3.44. The molecule has 17 heavy (non-hydrogen) atoms. The molecule has 0 aromatic heterocycles. The lowest BCUT2D eigenvalue weighted by Gasteiger charge is -2.16. The lowest BCUT2D eigenvalue weighted by Crippen LogP contribution is -2.30. The quantitative estimate of drug-likeness (QED) is 0.738. The Hall–Kier alpha value is -0.640. The molecule has 0 atom stereocenters. The minimum Gasteiger partial charge on any atom is -0.378 e. The van der Waals surface area contributed by atoms with Crippen LogP contribution in [0, 0.1) is 0 Å². The lowest BCUT2D eigenvalue weighted by molar-refractivity contribution is -0.121. The highest BCUT2D eigenvalue weighted by molar-refractivity contribution is 8.02. The van der Waals surface area contributed by atoms with Crippen LogP contribution in [0.15, 0.2) is 10.6 Å². The van der Waals surface area contributed by atoms with Gasteiger partial charge in [-0.25, -0.2) is 0 Å². The van der Waals surface area contributed by atoms with Crippen molar-refractivity contribution >= 4 is 17.7 Å². The van der Waals surface area contributed by atoms with E-state index >= 15 is 0 Å². The molecule has 0 aliphatic heterocycles. The average molecular weight is 258 g/mol. The molecule has 0 rings (SSSR count). The molecule has 0 fully saturated rings. The zero-order valence-electron chi connectivity index (χ0n) is 11.9. The van der Waals surface area contributed by atoms with Crippen LogP contribution < -0.4 is 10.6 Å². The highest BCUT2D eigenvalue weighted by Crippen LogP contribution is 2.18. The summed E-state index contributed by atoms with van der Waals surface area (Å²) in [5.41, 5.74) is 1.25. The number of nitrogens with one attached hydrogen (secondary N) is 2. The number of thioether (sulfide) groups is 1. The highest BCUT2D eigenvalue weighted by atomic mass is 32.2. The first-order valence-corrected chi connectivity index (χ1v) is 7.39. The normalized spacial score (nSPS) is 12.7. The van der Waals surface area contributed by atoms with E-state index in [1.165, 1.54) is 10.6 Å². The van der Waals surface area contributed by atoms with Crippen molar-refractivity contribution in [2.75, 3.05) is 6.26 Å². The second kappa shape index (κ2) is 8.45. The van der Waals surface area contributed by atoms with Crippen LogP contribution in [0.1, 0.15) is 47.5 Å². The molecule has 100 valence electrons. The molecule has 0 unspecified atom stereocenters. The van der Waals surface area contributed by atoms with Crippen molar-refractivity contribution in [1.29, 1.82) is 0 Å². The second-order valence-electron chi connectivity index (χ2n) is 4.83. The predicted octanol–water partition coefficient (Wildman–Crippen LogP) is 2.88. The highest BCUT2D eigenvalue weighted by Gasteiger charge is 2.07. The number of hydrogen-bond acceptors (Lipinski definition) is 3. The molecule has 4 heteroatoms. The number of allylic oxidation sites excluding steroid dienone is 1. The van der Waals surface area contributed by atoms with Crippen LogP contribution in [0.4, 0.5) is 0 Å². The number of carbonyl (C=O) groups is 1. The Morgan fingerprint density at radius 2 is 1.59 bits per heavy atom. The Morgan fingerprint density at radius 3 is 2.00 bits per heavy atom. The molecule has 0 radical (unpaired) electrons. The van der Waals surface area contributed by atoms with Crippen molar-refractivity contribution < 1.29 is 4.79 Å². The topological polar surface area (TPSA) is 41.1 Å². The summed E-state index contributed by atoms with van der Waals surface area (Å²) in [6, 6.07) is 0.650. The van der Waals surface area contributed by atoms with Gasteiger partial charge in [-0.1, -0.05) is 0 Å². The van der Waals surface area contributed by atoms with Gasteiger partial charge in [-0.2, -0.15) is 0 Å². The zero-order chi connectivity index (χ0) is 13.4. The number of hydrogen-bond donors (Lipinski definition) is 2. The largest absolute Gasteiger partial charge is 0.378 e. The van der Waals surface area contributed by atoms with Gasteiger partial charge in [0.2, 0.25) is 5.91 Å². The molecule has 0 bridgehead atoms. The van der Waals surface area contributed by atoms with E-state index in [-0.39, 0.29) is 11.9 Å². The van der Waals surface area contributed by atoms with E-state index in [0.29, 0.717) is 12.5 Å². The minimum atomic E-state index is 0.129. The van der Waals surface area contributed by atoms with Crippen molar-refractivity contribution in [2.45, 2.75) is 59.5 Å². The third-order valence-corrected chi connectivity index (χ3v) is 3.06. The molecule has 0 aliphatic rings. The summed E-state index contributed by atoms with van der Waals surface area (Å²) >= 11 is 1.71. The van der Waals surface area contributed by atoms with Crippen LogP contribution in [0.2, 0.25) is 0 Å². The van der Waals surface area contributed by atoms with E-state index in [1.54, 1.807) is 11.8 Å². The first-order chi connectivity index (χ1) is 7.86. The molecule has 0 spiro atoms. The van der Waals surface area contributed by atoms with Gasteiger partial charge in [0.1, 0.15) is 0 Å². The van der Waals surface area contributed by atoms with E-state index in [0.717, 1.165) is 6.42 Å². The van der Waals surface area contributed by atoms with Gasteiger partial charge < -0.3 is 10.6 Å². The molecular formula is C13H26N2OS. The Kier molecular flexibility index (Phi) is 8.13. The molecular weight excluding hydrogens is 232 g/mol. The summed E-state index contributed by atoms with van der Waals surface area (Å²) < 4.78 is 0. The van der Waals surface area contributed by atoms with Crippen LogP contribution in [0.25, 0.3) is 0 Å². The summed E-state index contributed by atoms with van der Waals surface area (Å²) in [5.74, 6) is 0.129. The second-order valence-corrected chi connectivity index (χ2v) is 5.65. The van der Waals surface area contributed by atoms with Gasteiger partial charge in [0.05, 0.1) is 5.03 Å². The van der Waals surface area contributed by atoms with E-state index in [4.69, 9.17) is 0 Å². The molecule has 0 aromatic rings. The van der Waals surface area contributed by atoms with Crippen LogP contribution in [-0.2, 0) is 4.79 Å². The predicted molar refractivity (Wildman–Crippen MR) is 77.0 cm³/mol. The van der Waals surface area contributed by atoms with Crippen molar-refractivity contribution in [3.8, 4) is 0 Å². The SMILES string of the molecule is CS/C(NC(C)C)=C(/C)CCC(=O)NC(C)C. The summed E-state index contributed by atoms with van der Waals surface area (Å²) in [7, 11) is 0. The van der Waals surface area contributed by atoms with Crippen molar-refractivity contribution in [3.63, 3.8) is 0 Å². The molecule has 2 N–H and O–H groups in total. The van der Waals surface area contributed by atoms with Gasteiger partial charge in [-0.3, -0.25) is 4.79 Å². The Balaban J connectivity index is 4.24. The van der Waals surface area contributed by atoms with E-state index in [9.17, 15) is 4.79 Å². The maximum absolute atomic E-state index is 11.5. The summed E-state index contributed by atoms with van der Waals surface area (Å²) in [5, 5.41) is 7.50. The van der Waals surface area contributed by atoms with Crippen molar-refractivity contribution in [3.05, 3.63) is 10.6 Å². The molecule has 0 saturated carbocycles. The number of rotatable bonds is 7. The maximum Gasteiger partial charge on any atom is 0.220 e. The molecule has 0 heterocycles. The monoisotopic (exact) mass is 258 g/mol. The maximum atomic E-state index is 11.5. The average Bonchev–Trinajstić information content (AvgIpc) is 2.21. The molecule has 1 amide bonds. The fraction of sp³-hybridized carbons (Fsp3) is 0.769. The first kappa shape index (κ1) is 16.4. The van der Waals surface area contributed by atoms with Gasteiger partial charge in [-0.05, 0) is 52.9 Å². The van der Waals surface area contributed by atoms with Crippen LogP contribution >= 0.6 is 11.8 Å². The van der Waals surface area contributed by atoms with E-state index in [2.05, 4.69) is 37.7 Å². The Labute approximate surface area is 110 Å². The summed E-state index contributed by atoms with van der Waals surface area (Å²) in [4.78, 5) is 11.5. The molecule has 0 saturated heterocycles. The fourth-order valence-corrected chi connectivity index (χ4v) is 2.23. The third kappa shape index (κ3) is 8.13. The van der Waals surface area contributed by atoms with Gasteiger partial charge in [0, 0.05) is 18.5 Å². The minimum absolute atomic E-state index is 0.129. The van der Waals surface area contributed by atoms with Crippen molar-refractivity contribution in [1.82, 2.24) is 10.6 Å². The Morgan fingerprint density at radius 1 is 1.06 bits per heavy atom. The van der Waals surface area contributed by atoms with Crippen LogP contribution in [-0.4, -0.2) is 24.2 Å². The van der Waals surface area contributed by atoms with E-state index in [1.807, 2.05) is 13.8 Å². The zero-order valence-corrected chi connectivity index (χ0v) is 12.7. The first-order valence-electron chi connectivity index (χ1n) is 6.16. The smallest absolute Gasteiger partial charge is 0.220 e. The van der Waals surface area contributed by atoms with E-state index < -0.39 is 0 Å². The molecule has 0 aromatic carbocycles. The van der Waals surface area contributed by atoms with Crippen LogP contribution in [0.5, 0.6) is 0 Å². The standard InChI is InChI=1S/C13H26N2OS/c1-9(2)14-12(16)8-7-11(5)13(17-6)15-10(3)4/h9-10,15H,7-8H2,1-6H3,(H,14,16)/b13-11-. The number of carbonyl (C=O) groups excluding carboxylic acids is 1. The van der Waals surface area contributed by atoms with Gasteiger partial charge in [0.25, 0.3) is 0 Å². The lowest BCUT2D eigenvalue weighted by atomic mass is 10.1. The third-order valence-electron chi connectivity index (χ3n) is 2.19. The van der Waals surface area contributed by atoms with Crippen LogP contribution in [0.3, 0.4) is 0 Å². The molecule has 0 aliphatic carbocycles. The fourth-order valence-electron chi connectivity index (χ4n) is 1.43. The molecule has 3 nitrogen and oxygen atoms in total. The van der Waals surface area contributed by atoms with Gasteiger partial charge >= 0.3 is 0 Å². The van der Waals surface area contributed by atoms with Gasteiger partial charge in [-0.15, -0.1) is 11.8 Å². The Bertz CT molecular complexity index is 273.